The number of para-hydroxylation sites is 1. The third-order valence-corrected chi connectivity index (χ3v) is 9.34. The number of carbonyl (C=O) groups excluding carboxylic acids is 1. The van der Waals surface area contributed by atoms with Crippen LogP contribution >= 0.6 is 27.3 Å². The summed E-state index contributed by atoms with van der Waals surface area (Å²) in [4.78, 5) is 32.8. The van der Waals surface area contributed by atoms with E-state index in [-0.39, 0.29) is 12.2 Å². The van der Waals surface area contributed by atoms with E-state index in [0.717, 1.165) is 37.9 Å². The molecule has 0 bridgehead atoms. The molecule has 3 aromatic carbocycles. The van der Waals surface area contributed by atoms with Crippen LogP contribution in [0.15, 0.2) is 98.3 Å². The lowest BCUT2D eigenvalue weighted by molar-refractivity contribution is -0.139. The number of carbonyl (C=O) groups is 1. The van der Waals surface area contributed by atoms with Crippen molar-refractivity contribution in [3.63, 3.8) is 0 Å². The summed E-state index contributed by atoms with van der Waals surface area (Å²) in [6.45, 7) is 9.05. The number of hydrogen-bond acceptors (Lipinski definition) is 6. The summed E-state index contributed by atoms with van der Waals surface area (Å²) >= 11 is 4.86. The van der Waals surface area contributed by atoms with Crippen molar-refractivity contribution in [2.45, 2.75) is 40.3 Å². The zero-order valence-electron chi connectivity index (χ0n) is 25.0. The largest absolute Gasteiger partial charge is 0.494 e. The van der Waals surface area contributed by atoms with Gasteiger partial charge in [-0.1, -0.05) is 69.7 Å². The van der Waals surface area contributed by atoms with Gasteiger partial charge in [-0.2, -0.15) is 0 Å². The Bertz CT molecular complexity index is 2090. The second kappa shape index (κ2) is 12.4. The molecule has 0 unspecified atom stereocenters. The number of benzene rings is 3. The van der Waals surface area contributed by atoms with Gasteiger partial charge in [0, 0.05) is 33.2 Å². The number of ether oxygens (including phenoxy) is 2. The van der Waals surface area contributed by atoms with Crippen LogP contribution in [0.5, 0.6) is 5.75 Å². The number of fused-ring (bicyclic) bond motifs is 2. The van der Waals surface area contributed by atoms with Gasteiger partial charge >= 0.3 is 5.97 Å². The summed E-state index contributed by atoms with van der Waals surface area (Å²) in [5, 5.41) is 1.07. The van der Waals surface area contributed by atoms with E-state index in [0.29, 0.717) is 33.8 Å². The number of halogens is 1. The fourth-order valence-corrected chi connectivity index (χ4v) is 7.06. The molecule has 0 saturated heterocycles. The van der Waals surface area contributed by atoms with Crippen LogP contribution in [0.4, 0.5) is 0 Å². The van der Waals surface area contributed by atoms with Crippen LogP contribution in [0.3, 0.4) is 0 Å². The molecule has 3 heterocycles. The topological polar surface area (TPSA) is 74.8 Å². The smallest absolute Gasteiger partial charge is 0.338 e. The first-order valence-electron chi connectivity index (χ1n) is 14.5. The van der Waals surface area contributed by atoms with Gasteiger partial charge in [-0.25, -0.2) is 9.79 Å². The molecule has 0 N–H and O–H groups in total. The molecule has 1 aliphatic heterocycles. The molecule has 1 aliphatic rings. The standard InChI is InChI=1S/C35H32BrN3O4S/c1-5-42-26-17-13-24(14-18-26)32-31(34(41)43-6-2)21(3)37-35-39(32)33(40)30(44-35)19-28-22(4)38(29-10-8-7-9-27(28)29)20-23-11-15-25(36)16-12-23/h7-19,32H,5-6,20H2,1-4H3/b30-19-/t32-/m0/s1. The fraction of sp³-hybridized carbons (Fsp3) is 0.229. The van der Waals surface area contributed by atoms with Gasteiger partial charge in [0.05, 0.1) is 35.1 Å². The zero-order chi connectivity index (χ0) is 31.0. The van der Waals surface area contributed by atoms with Crippen molar-refractivity contribution in [3.8, 4) is 5.75 Å². The third kappa shape index (κ3) is 5.46. The van der Waals surface area contributed by atoms with Crippen molar-refractivity contribution in [2.75, 3.05) is 13.2 Å². The maximum atomic E-state index is 14.3. The lowest BCUT2D eigenvalue weighted by Crippen LogP contribution is -2.39. The van der Waals surface area contributed by atoms with Crippen molar-refractivity contribution in [1.82, 2.24) is 9.13 Å². The zero-order valence-corrected chi connectivity index (χ0v) is 27.4. The van der Waals surface area contributed by atoms with Crippen LogP contribution in [0.25, 0.3) is 17.0 Å². The molecule has 0 spiro atoms. The highest BCUT2D eigenvalue weighted by molar-refractivity contribution is 9.10. The van der Waals surface area contributed by atoms with Crippen LogP contribution in [0.2, 0.25) is 0 Å². The lowest BCUT2D eigenvalue weighted by Gasteiger charge is -2.24. The number of esters is 1. The molecule has 5 aromatic rings. The quantitative estimate of drug-likeness (QED) is 0.183. The Morgan fingerprint density at radius 1 is 1.00 bits per heavy atom. The van der Waals surface area contributed by atoms with Gasteiger partial charge in [-0.3, -0.25) is 9.36 Å². The van der Waals surface area contributed by atoms with E-state index in [1.807, 2.05) is 61.5 Å². The summed E-state index contributed by atoms with van der Waals surface area (Å²) in [5.74, 6) is 0.241. The van der Waals surface area contributed by atoms with Crippen molar-refractivity contribution in [3.05, 3.63) is 131 Å². The van der Waals surface area contributed by atoms with E-state index in [1.165, 1.54) is 16.9 Å². The first-order chi connectivity index (χ1) is 21.3. The minimum atomic E-state index is -0.678. The Balaban J connectivity index is 1.52. The predicted octanol–water partition coefficient (Wildman–Crippen LogP) is 6.27. The van der Waals surface area contributed by atoms with Crippen LogP contribution in [0.1, 0.15) is 49.2 Å². The Morgan fingerprint density at radius 2 is 1.73 bits per heavy atom. The molecule has 0 radical (unpaired) electrons. The summed E-state index contributed by atoms with van der Waals surface area (Å²) in [6.07, 6.45) is 1.97. The molecule has 9 heteroatoms. The molecular formula is C35H32BrN3O4S. The van der Waals surface area contributed by atoms with Gasteiger partial charge in [-0.05, 0) is 75.2 Å². The van der Waals surface area contributed by atoms with Crippen molar-refractivity contribution in [1.29, 1.82) is 0 Å². The second-order valence-electron chi connectivity index (χ2n) is 10.5. The van der Waals surface area contributed by atoms with Crippen LogP contribution in [0, 0.1) is 6.92 Å². The van der Waals surface area contributed by atoms with E-state index < -0.39 is 12.0 Å². The predicted molar refractivity (Wildman–Crippen MR) is 178 cm³/mol. The first-order valence-corrected chi connectivity index (χ1v) is 16.2. The normalized spacial score (nSPS) is 14.9. The minimum Gasteiger partial charge on any atom is -0.494 e. The Kier molecular flexibility index (Phi) is 8.42. The van der Waals surface area contributed by atoms with Gasteiger partial charge < -0.3 is 14.0 Å². The van der Waals surface area contributed by atoms with E-state index in [9.17, 15) is 9.59 Å². The molecule has 6 rings (SSSR count). The molecule has 0 fully saturated rings. The van der Waals surface area contributed by atoms with Crippen LogP contribution < -0.4 is 19.6 Å². The summed E-state index contributed by atoms with van der Waals surface area (Å²) in [5.41, 5.74) is 5.80. The first kappa shape index (κ1) is 29.8. The molecule has 0 aliphatic carbocycles. The number of rotatable bonds is 8. The Morgan fingerprint density at radius 3 is 2.43 bits per heavy atom. The summed E-state index contributed by atoms with van der Waals surface area (Å²) in [7, 11) is 0. The molecule has 0 saturated carbocycles. The molecule has 7 nitrogen and oxygen atoms in total. The average molecular weight is 671 g/mol. The minimum absolute atomic E-state index is 0.203. The van der Waals surface area contributed by atoms with Gasteiger partial charge in [-0.15, -0.1) is 0 Å². The van der Waals surface area contributed by atoms with E-state index in [1.54, 1.807) is 18.4 Å². The molecule has 0 amide bonds. The number of nitrogens with zero attached hydrogens (tertiary/aromatic N) is 3. The number of hydrogen-bond donors (Lipinski definition) is 0. The van der Waals surface area contributed by atoms with E-state index in [4.69, 9.17) is 14.5 Å². The Hall–Kier alpha value is -4.21. The van der Waals surface area contributed by atoms with Gasteiger partial charge in [0.15, 0.2) is 4.80 Å². The highest BCUT2D eigenvalue weighted by atomic mass is 79.9. The fourth-order valence-electron chi connectivity index (χ4n) is 5.77. The molecule has 2 aromatic heterocycles. The third-order valence-electron chi connectivity index (χ3n) is 7.83. The summed E-state index contributed by atoms with van der Waals surface area (Å²) < 4.78 is 16.6. The summed E-state index contributed by atoms with van der Waals surface area (Å²) in [6, 6.07) is 23.4. The SMILES string of the molecule is CCOC(=O)C1=C(C)N=c2s/c(=C\c3c(C)n(Cc4ccc(Br)cc4)c4ccccc34)c(=O)n2[C@H]1c1ccc(OCC)cc1. The highest BCUT2D eigenvalue weighted by Crippen LogP contribution is 2.32. The van der Waals surface area contributed by atoms with Crippen molar-refractivity contribution >= 4 is 50.2 Å². The van der Waals surface area contributed by atoms with Gasteiger partial charge in [0.1, 0.15) is 5.75 Å². The number of allylic oxidation sites excluding steroid dienone is 1. The lowest BCUT2D eigenvalue weighted by atomic mass is 9.96. The van der Waals surface area contributed by atoms with Crippen LogP contribution in [-0.2, 0) is 16.1 Å². The maximum absolute atomic E-state index is 14.3. The van der Waals surface area contributed by atoms with E-state index >= 15 is 0 Å². The maximum Gasteiger partial charge on any atom is 0.338 e. The Labute approximate surface area is 267 Å². The van der Waals surface area contributed by atoms with Gasteiger partial charge in [0.25, 0.3) is 5.56 Å². The molecule has 224 valence electrons. The monoisotopic (exact) mass is 669 g/mol. The highest BCUT2D eigenvalue weighted by Gasteiger charge is 2.33. The van der Waals surface area contributed by atoms with E-state index in [2.05, 4.69) is 51.7 Å². The van der Waals surface area contributed by atoms with Gasteiger partial charge in [0.2, 0.25) is 0 Å². The van der Waals surface area contributed by atoms with Crippen molar-refractivity contribution < 1.29 is 14.3 Å². The number of thiazole rings is 1. The average Bonchev–Trinajstić information content (AvgIpc) is 3.46. The molecule has 44 heavy (non-hydrogen) atoms. The van der Waals surface area contributed by atoms with Crippen LogP contribution in [-0.4, -0.2) is 28.3 Å². The van der Waals surface area contributed by atoms with Crippen molar-refractivity contribution in [2.24, 2.45) is 4.99 Å². The molecular weight excluding hydrogens is 638 g/mol. The molecule has 1 atom stereocenters. The number of aromatic nitrogens is 2. The second-order valence-corrected chi connectivity index (χ2v) is 12.5.